The van der Waals surface area contributed by atoms with Crippen LogP contribution in [-0.4, -0.2) is 32.8 Å². The number of benzene rings is 3. The Balaban J connectivity index is 1.92. The van der Waals surface area contributed by atoms with Crippen LogP contribution in [-0.2, 0) is 14.8 Å². The third-order valence-corrected chi connectivity index (χ3v) is 6.82. The van der Waals surface area contributed by atoms with Crippen molar-refractivity contribution in [2.75, 3.05) is 19.5 Å². The molecule has 0 heterocycles. The van der Waals surface area contributed by atoms with Crippen LogP contribution < -0.4 is 10.1 Å². The Hall–Kier alpha value is -3.30. The van der Waals surface area contributed by atoms with Gasteiger partial charge in [-0.1, -0.05) is 30.3 Å². The minimum Gasteiger partial charge on any atom is -0.497 e. The monoisotopic (exact) mass is 460 g/mol. The van der Waals surface area contributed by atoms with Gasteiger partial charge in [-0.05, 0) is 42.0 Å². The van der Waals surface area contributed by atoms with Gasteiger partial charge in [0, 0.05) is 19.5 Å². The van der Waals surface area contributed by atoms with Crippen molar-refractivity contribution < 1.29 is 26.7 Å². The summed E-state index contributed by atoms with van der Waals surface area (Å²) in [6.07, 6.45) is -0.300. The van der Waals surface area contributed by atoms with E-state index in [-0.39, 0.29) is 17.0 Å². The van der Waals surface area contributed by atoms with E-state index in [0.717, 1.165) is 16.4 Å². The fourth-order valence-electron chi connectivity index (χ4n) is 3.18. The molecular weight excluding hydrogens is 438 g/mol. The predicted molar refractivity (Wildman–Crippen MR) is 117 cm³/mol. The zero-order valence-corrected chi connectivity index (χ0v) is 18.3. The molecular formula is C23H22F2N2O4S. The Labute approximate surface area is 185 Å². The maximum absolute atomic E-state index is 13.9. The van der Waals surface area contributed by atoms with E-state index in [4.69, 9.17) is 4.74 Å². The summed E-state index contributed by atoms with van der Waals surface area (Å²) in [7, 11) is -1.05. The minimum absolute atomic E-state index is 0.0750. The van der Waals surface area contributed by atoms with Gasteiger partial charge >= 0.3 is 0 Å². The SMILES string of the molecule is COc1ccc([C@H](CC(=O)Nc2ccc(F)cc2F)N(C)S(=O)(=O)c2ccccc2)cc1. The number of hydrogen-bond acceptors (Lipinski definition) is 4. The first kappa shape index (κ1) is 23.4. The van der Waals surface area contributed by atoms with Crippen molar-refractivity contribution in [3.63, 3.8) is 0 Å². The van der Waals surface area contributed by atoms with E-state index in [0.29, 0.717) is 17.4 Å². The molecule has 0 bridgehead atoms. The van der Waals surface area contributed by atoms with E-state index in [1.54, 1.807) is 42.5 Å². The van der Waals surface area contributed by atoms with E-state index in [2.05, 4.69) is 5.32 Å². The number of halogens is 2. The van der Waals surface area contributed by atoms with E-state index in [1.165, 1.54) is 26.3 Å². The van der Waals surface area contributed by atoms with Crippen LogP contribution in [0.1, 0.15) is 18.0 Å². The van der Waals surface area contributed by atoms with Crippen molar-refractivity contribution in [3.05, 3.63) is 90.0 Å². The van der Waals surface area contributed by atoms with Gasteiger partial charge in [-0.15, -0.1) is 0 Å². The molecule has 9 heteroatoms. The molecule has 0 spiro atoms. The molecule has 0 fully saturated rings. The van der Waals surface area contributed by atoms with E-state index in [1.807, 2.05) is 0 Å². The summed E-state index contributed by atoms with van der Waals surface area (Å²) in [6.45, 7) is 0. The predicted octanol–water partition coefficient (Wildman–Crippen LogP) is 4.36. The third-order valence-electron chi connectivity index (χ3n) is 4.94. The fourth-order valence-corrected chi connectivity index (χ4v) is 4.54. The smallest absolute Gasteiger partial charge is 0.243 e. The molecule has 0 unspecified atom stereocenters. The molecule has 0 saturated carbocycles. The summed E-state index contributed by atoms with van der Waals surface area (Å²) in [4.78, 5) is 12.8. The number of carbonyl (C=O) groups is 1. The maximum Gasteiger partial charge on any atom is 0.243 e. The Morgan fingerprint density at radius 3 is 2.28 bits per heavy atom. The number of methoxy groups -OCH3 is 1. The number of nitrogens with zero attached hydrogens (tertiary/aromatic N) is 1. The number of carbonyl (C=O) groups excluding carboxylic acids is 1. The molecule has 3 aromatic carbocycles. The Morgan fingerprint density at radius 2 is 1.69 bits per heavy atom. The normalized spacial score (nSPS) is 12.4. The van der Waals surface area contributed by atoms with Gasteiger partial charge in [-0.2, -0.15) is 4.31 Å². The van der Waals surface area contributed by atoms with Gasteiger partial charge in [0.1, 0.15) is 17.4 Å². The molecule has 1 amide bonds. The number of nitrogens with one attached hydrogen (secondary N) is 1. The van der Waals surface area contributed by atoms with Gasteiger partial charge in [0.2, 0.25) is 15.9 Å². The van der Waals surface area contributed by atoms with Crippen molar-refractivity contribution in [3.8, 4) is 5.75 Å². The topological polar surface area (TPSA) is 75.7 Å². The van der Waals surface area contributed by atoms with Crippen LogP contribution in [0, 0.1) is 11.6 Å². The molecule has 0 aliphatic carbocycles. The highest BCUT2D eigenvalue weighted by Gasteiger charge is 2.31. The number of rotatable bonds is 8. The second-order valence-electron chi connectivity index (χ2n) is 7.00. The highest BCUT2D eigenvalue weighted by atomic mass is 32.2. The highest BCUT2D eigenvalue weighted by Crippen LogP contribution is 2.30. The fraction of sp³-hybridized carbons (Fsp3) is 0.174. The zero-order valence-electron chi connectivity index (χ0n) is 17.5. The maximum atomic E-state index is 13.9. The van der Waals surface area contributed by atoms with Crippen molar-refractivity contribution in [1.82, 2.24) is 4.31 Å². The van der Waals surface area contributed by atoms with Crippen LogP contribution in [0.2, 0.25) is 0 Å². The first-order valence-electron chi connectivity index (χ1n) is 9.64. The first-order valence-corrected chi connectivity index (χ1v) is 11.1. The molecule has 0 saturated heterocycles. The van der Waals surface area contributed by atoms with Crippen LogP contribution >= 0.6 is 0 Å². The van der Waals surface area contributed by atoms with Crippen LogP contribution in [0.15, 0.2) is 77.7 Å². The quantitative estimate of drug-likeness (QED) is 0.542. The lowest BCUT2D eigenvalue weighted by Gasteiger charge is -2.28. The summed E-state index contributed by atoms with van der Waals surface area (Å²) in [5.74, 6) is -1.76. The zero-order chi connectivity index (χ0) is 23.3. The lowest BCUT2D eigenvalue weighted by molar-refractivity contribution is -0.117. The number of hydrogen-bond donors (Lipinski definition) is 1. The second kappa shape index (κ2) is 9.88. The Bertz CT molecular complexity index is 1190. The molecule has 0 aromatic heterocycles. The summed E-state index contributed by atoms with van der Waals surface area (Å²) >= 11 is 0. The van der Waals surface area contributed by atoms with E-state index in [9.17, 15) is 22.0 Å². The van der Waals surface area contributed by atoms with Crippen molar-refractivity contribution in [2.24, 2.45) is 0 Å². The summed E-state index contributed by atoms with van der Waals surface area (Å²) in [5.41, 5.74) is 0.348. The van der Waals surface area contributed by atoms with Gasteiger partial charge in [-0.25, -0.2) is 17.2 Å². The van der Waals surface area contributed by atoms with Gasteiger partial charge in [0.25, 0.3) is 0 Å². The number of anilines is 1. The summed E-state index contributed by atoms with van der Waals surface area (Å²) in [5, 5.41) is 2.38. The molecule has 1 atom stereocenters. The van der Waals surface area contributed by atoms with Crippen molar-refractivity contribution in [2.45, 2.75) is 17.4 Å². The highest BCUT2D eigenvalue weighted by molar-refractivity contribution is 7.89. The second-order valence-corrected chi connectivity index (χ2v) is 9.00. The number of ether oxygens (including phenoxy) is 1. The van der Waals surface area contributed by atoms with Crippen LogP contribution in [0.3, 0.4) is 0 Å². The average molecular weight is 461 g/mol. The molecule has 0 aliphatic heterocycles. The molecule has 0 radical (unpaired) electrons. The lowest BCUT2D eigenvalue weighted by atomic mass is 10.0. The molecule has 3 rings (SSSR count). The molecule has 32 heavy (non-hydrogen) atoms. The van der Waals surface area contributed by atoms with Crippen molar-refractivity contribution >= 4 is 21.6 Å². The number of amides is 1. The van der Waals surface area contributed by atoms with Crippen molar-refractivity contribution in [1.29, 1.82) is 0 Å². The standard InChI is InChI=1S/C23H22F2N2O4S/c1-27(32(29,30)19-6-4-3-5-7-19)22(16-8-11-18(31-2)12-9-16)15-23(28)26-21-13-10-17(24)14-20(21)25/h3-14,22H,15H2,1-2H3,(H,26,28)/t22-/m0/s1. The third kappa shape index (κ3) is 5.30. The van der Waals surface area contributed by atoms with Gasteiger partial charge in [0.15, 0.2) is 0 Å². The van der Waals surface area contributed by atoms with Gasteiger partial charge in [0.05, 0.1) is 23.7 Å². The molecule has 3 aromatic rings. The van der Waals surface area contributed by atoms with Gasteiger partial charge < -0.3 is 10.1 Å². The Morgan fingerprint density at radius 1 is 1.03 bits per heavy atom. The summed E-state index contributed by atoms with van der Waals surface area (Å²) in [6, 6.07) is 16.4. The molecule has 168 valence electrons. The average Bonchev–Trinajstić information content (AvgIpc) is 2.79. The first-order chi connectivity index (χ1) is 15.2. The van der Waals surface area contributed by atoms with Gasteiger partial charge in [-0.3, -0.25) is 4.79 Å². The van der Waals surface area contributed by atoms with Crippen LogP contribution in [0.4, 0.5) is 14.5 Å². The molecule has 0 aliphatic rings. The van der Waals surface area contributed by atoms with E-state index >= 15 is 0 Å². The number of sulfonamides is 1. The lowest BCUT2D eigenvalue weighted by Crippen LogP contribution is -2.34. The van der Waals surface area contributed by atoms with Crippen LogP contribution in [0.25, 0.3) is 0 Å². The Kier molecular flexibility index (Phi) is 7.22. The minimum atomic E-state index is -3.94. The largest absolute Gasteiger partial charge is 0.497 e. The molecule has 1 N–H and O–H groups in total. The molecule has 6 nitrogen and oxygen atoms in total. The van der Waals surface area contributed by atoms with Crippen LogP contribution in [0.5, 0.6) is 5.75 Å². The summed E-state index contributed by atoms with van der Waals surface area (Å²) < 4.78 is 59.7. The van der Waals surface area contributed by atoms with E-state index < -0.39 is 33.6 Å².